The van der Waals surface area contributed by atoms with Crippen molar-refractivity contribution in [2.24, 2.45) is 17.8 Å². The Balaban J connectivity index is 1.45. The number of hydrogen-bond donors (Lipinski definition) is 0. The van der Waals surface area contributed by atoms with Crippen LogP contribution in [0.1, 0.15) is 32.1 Å². The minimum absolute atomic E-state index is 0.181. The summed E-state index contributed by atoms with van der Waals surface area (Å²) in [6.45, 7) is 5.93. The molecule has 0 aromatic rings. The summed E-state index contributed by atoms with van der Waals surface area (Å²) in [4.78, 5) is 30.6. The van der Waals surface area contributed by atoms with Gasteiger partial charge in [0.1, 0.15) is 0 Å². The average molecular weight is 351 g/mol. The summed E-state index contributed by atoms with van der Waals surface area (Å²) in [5.74, 6) is 2.26. The topological polar surface area (TPSA) is 53.1 Å². The Kier molecular flexibility index (Phi) is 6.34. The van der Waals surface area contributed by atoms with Crippen molar-refractivity contribution >= 4 is 11.8 Å². The zero-order valence-electron chi connectivity index (χ0n) is 15.8. The highest BCUT2D eigenvalue weighted by Gasteiger charge is 2.37. The van der Waals surface area contributed by atoms with Gasteiger partial charge in [-0.1, -0.05) is 0 Å². The number of hydrogen-bond acceptors (Lipinski definition) is 4. The molecule has 0 saturated carbocycles. The molecule has 25 heavy (non-hydrogen) atoms. The first-order valence-corrected chi connectivity index (χ1v) is 9.81. The molecule has 6 heteroatoms. The van der Waals surface area contributed by atoms with Crippen LogP contribution in [0.15, 0.2) is 0 Å². The number of nitrogens with zero attached hydrogens (tertiary/aromatic N) is 3. The fraction of sp³-hybridized carbons (Fsp3) is 0.895. The summed E-state index contributed by atoms with van der Waals surface area (Å²) >= 11 is 0. The second kappa shape index (κ2) is 8.49. The van der Waals surface area contributed by atoms with E-state index in [0.717, 1.165) is 65.1 Å². The van der Waals surface area contributed by atoms with Gasteiger partial charge in [0, 0.05) is 46.8 Å². The molecule has 0 spiro atoms. The number of likely N-dealkylation sites (N-methyl/N-ethyl adjacent to an activating group) is 1. The van der Waals surface area contributed by atoms with E-state index in [0.29, 0.717) is 36.6 Å². The van der Waals surface area contributed by atoms with Crippen LogP contribution in [0.5, 0.6) is 0 Å². The van der Waals surface area contributed by atoms with Crippen molar-refractivity contribution in [1.29, 1.82) is 0 Å². The van der Waals surface area contributed by atoms with Crippen LogP contribution in [0.3, 0.4) is 0 Å². The summed E-state index contributed by atoms with van der Waals surface area (Å²) in [5, 5.41) is 0. The van der Waals surface area contributed by atoms with Crippen LogP contribution in [-0.2, 0) is 14.3 Å². The van der Waals surface area contributed by atoms with E-state index < -0.39 is 0 Å². The number of likely N-dealkylation sites (tertiary alicyclic amines) is 2. The van der Waals surface area contributed by atoms with Gasteiger partial charge in [-0.3, -0.25) is 14.5 Å². The molecule has 0 radical (unpaired) electrons. The Morgan fingerprint density at radius 2 is 1.60 bits per heavy atom. The maximum absolute atomic E-state index is 12.7. The van der Waals surface area contributed by atoms with Gasteiger partial charge >= 0.3 is 0 Å². The van der Waals surface area contributed by atoms with E-state index >= 15 is 0 Å². The van der Waals surface area contributed by atoms with Crippen LogP contribution in [0.2, 0.25) is 0 Å². The zero-order valence-corrected chi connectivity index (χ0v) is 15.8. The van der Waals surface area contributed by atoms with Crippen molar-refractivity contribution in [2.75, 3.05) is 60.0 Å². The molecule has 0 N–H and O–H groups in total. The summed E-state index contributed by atoms with van der Waals surface area (Å²) in [7, 11) is 3.63. The molecule has 0 unspecified atom stereocenters. The predicted molar refractivity (Wildman–Crippen MR) is 96.1 cm³/mol. The highest BCUT2D eigenvalue weighted by atomic mass is 16.5. The lowest BCUT2D eigenvalue weighted by atomic mass is 9.92. The van der Waals surface area contributed by atoms with Gasteiger partial charge in [0.25, 0.3) is 0 Å². The van der Waals surface area contributed by atoms with Crippen molar-refractivity contribution in [1.82, 2.24) is 14.7 Å². The maximum Gasteiger partial charge on any atom is 0.236 e. The van der Waals surface area contributed by atoms with Crippen LogP contribution in [0, 0.1) is 17.8 Å². The SMILES string of the molecule is CN(C)C(=O)CN1CC[C@@H]2CN(C(=O)CC3CCOCC3)C[C@@H]2CC1. The van der Waals surface area contributed by atoms with Crippen LogP contribution in [0.25, 0.3) is 0 Å². The minimum Gasteiger partial charge on any atom is -0.381 e. The van der Waals surface area contributed by atoms with Crippen molar-refractivity contribution in [3.63, 3.8) is 0 Å². The molecule has 3 saturated heterocycles. The third-order valence-corrected chi connectivity index (χ3v) is 6.22. The lowest BCUT2D eigenvalue weighted by Gasteiger charge is -2.25. The Hall–Kier alpha value is -1.14. The lowest BCUT2D eigenvalue weighted by Crippen LogP contribution is -2.38. The van der Waals surface area contributed by atoms with Crippen molar-refractivity contribution in [2.45, 2.75) is 32.1 Å². The summed E-state index contributed by atoms with van der Waals surface area (Å²) in [5.41, 5.74) is 0. The first-order chi connectivity index (χ1) is 12.0. The molecule has 3 aliphatic rings. The molecule has 2 amide bonds. The number of carbonyl (C=O) groups excluding carboxylic acids is 2. The Morgan fingerprint density at radius 3 is 2.16 bits per heavy atom. The molecule has 2 atom stereocenters. The molecule has 0 aliphatic carbocycles. The van der Waals surface area contributed by atoms with Gasteiger partial charge in [0.2, 0.25) is 11.8 Å². The monoisotopic (exact) mass is 351 g/mol. The molecule has 3 fully saturated rings. The van der Waals surface area contributed by atoms with Crippen molar-refractivity contribution in [3.05, 3.63) is 0 Å². The number of ether oxygens (including phenoxy) is 1. The predicted octanol–water partition coefficient (Wildman–Crippen LogP) is 1.06. The van der Waals surface area contributed by atoms with Gasteiger partial charge in [-0.05, 0) is 56.5 Å². The summed E-state index contributed by atoms with van der Waals surface area (Å²) in [6, 6.07) is 0. The van der Waals surface area contributed by atoms with E-state index in [4.69, 9.17) is 4.74 Å². The molecular formula is C19H33N3O3. The van der Waals surface area contributed by atoms with E-state index in [9.17, 15) is 9.59 Å². The first kappa shape index (κ1) is 18.6. The Bertz CT molecular complexity index is 461. The fourth-order valence-corrected chi connectivity index (χ4v) is 4.42. The summed E-state index contributed by atoms with van der Waals surface area (Å²) < 4.78 is 5.39. The van der Waals surface area contributed by atoms with Gasteiger partial charge in [0.15, 0.2) is 0 Å². The second-order valence-corrected chi connectivity index (χ2v) is 8.22. The van der Waals surface area contributed by atoms with E-state index in [2.05, 4.69) is 9.80 Å². The molecule has 3 aliphatic heterocycles. The Labute approximate surface area is 151 Å². The van der Waals surface area contributed by atoms with Gasteiger partial charge in [-0.2, -0.15) is 0 Å². The fourth-order valence-electron chi connectivity index (χ4n) is 4.42. The maximum atomic E-state index is 12.7. The van der Waals surface area contributed by atoms with Gasteiger partial charge in [0.05, 0.1) is 6.54 Å². The highest BCUT2D eigenvalue weighted by molar-refractivity contribution is 5.77. The van der Waals surface area contributed by atoms with E-state index in [-0.39, 0.29) is 5.91 Å². The normalized spacial score (nSPS) is 28.5. The van der Waals surface area contributed by atoms with E-state index in [1.54, 1.807) is 4.90 Å². The van der Waals surface area contributed by atoms with Crippen molar-refractivity contribution in [3.8, 4) is 0 Å². The van der Waals surface area contributed by atoms with E-state index in [1.165, 1.54) is 0 Å². The summed E-state index contributed by atoms with van der Waals surface area (Å²) in [6.07, 6.45) is 4.97. The smallest absolute Gasteiger partial charge is 0.236 e. The Morgan fingerprint density at radius 1 is 1.00 bits per heavy atom. The molecule has 6 nitrogen and oxygen atoms in total. The molecular weight excluding hydrogens is 318 g/mol. The highest BCUT2D eigenvalue weighted by Crippen LogP contribution is 2.33. The van der Waals surface area contributed by atoms with Crippen LogP contribution >= 0.6 is 0 Å². The third-order valence-electron chi connectivity index (χ3n) is 6.22. The zero-order chi connectivity index (χ0) is 17.8. The van der Waals surface area contributed by atoms with Crippen LogP contribution in [0.4, 0.5) is 0 Å². The second-order valence-electron chi connectivity index (χ2n) is 8.22. The number of fused-ring (bicyclic) bond motifs is 1. The lowest BCUT2D eigenvalue weighted by molar-refractivity contribution is -0.132. The quantitative estimate of drug-likeness (QED) is 0.760. The molecule has 0 aromatic carbocycles. The molecule has 3 heterocycles. The first-order valence-electron chi connectivity index (χ1n) is 9.81. The molecule has 142 valence electrons. The van der Waals surface area contributed by atoms with Gasteiger partial charge < -0.3 is 14.5 Å². The number of carbonyl (C=O) groups is 2. The molecule has 0 aromatic heterocycles. The van der Waals surface area contributed by atoms with Gasteiger partial charge in [-0.25, -0.2) is 0 Å². The minimum atomic E-state index is 0.181. The van der Waals surface area contributed by atoms with Crippen molar-refractivity contribution < 1.29 is 14.3 Å². The van der Waals surface area contributed by atoms with Crippen LogP contribution in [-0.4, -0.2) is 86.5 Å². The number of rotatable bonds is 4. The molecule has 3 rings (SSSR count). The third kappa shape index (κ3) is 4.94. The average Bonchev–Trinajstić information content (AvgIpc) is 2.92. The standard InChI is InChI=1S/C19H33N3O3/c1-20(2)19(24)14-21-7-3-16-12-22(13-17(16)4-8-21)18(23)11-15-5-9-25-10-6-15/h15-17H,3-14H2,1-2H3/t16-,17+. The largest absolute Gasteiger partial charge is 0.381 e. The number of amides is 2. The molecule has 0 bridgehead atoms. The van der Waals surface area contributed by atoms with Crippen LogP contribution < -0.4 is 0 Å². The van der Waals surface area contributed by atoms with Gasteiger partial charge in [-0.15, -0.1) is 0 Å². The van der Waals surface area contributed by atoms with E-state index in [1.807, 2.05) is 14.1 Å².